The van der Waals surface area contributed by atoms with Crippen molar-refractivity contribution in [1.29, 1.82) is 0 Å². The van der Waals surface area contributed by atoms with Gasteiger partial charge in [0.2, 0.25) is 0 Å². The van der Waals surface area contributed by atoms with Gasteiger partial charge >= 0.3 is 0 Å². The number of Topliss-reactive ketones (excluding diaryl/α,β-unsaturated/α-hetero) is 1. The van der Waals surface area contributed by atoms with Crippen LogP contribution in [0.25, 0.3) is 0 Å². The van der Waals surface area contributed by atoms with E-state index in [1.165, 1.54) is 18.2 Å². The molecule has 16 heavy (non-hydrogen) atoms. The van der Waals surface area contributed by atoms with Gasteiger partial charge in [0.25, 0.3) is 0 Å². The van der Waals surface area contributed by atoms with E-state index in [0.717, 1.165) is 13.0 Å². The van der Waals surface area contributed by atoms with Crippen LogP contribution in [0.4, 0.5) is 4.39 Å². The lowest BCUT2D eigenvalue weighted by atomic mass is 9.92. The molecule has 1 aliphatic heterocycles. The minimum atomic E-state index is -0.425. The lowest BCUT2D eigenvalue weighted by molar-refractivity contribution is 0.0913. The summed E-state index contributed by atoms with van der Waals surface area (Å²) in [5.74, 6) is -0.590. The Labute approximate surface area is 98.8 Å². The highest BCUT2D eigenvalue weighted by Crippen LogP contribution is 2.25. The first kappa shape index (κ1) is 11.6. The Morgan fingerprint density at radius 2 is 2.31 bits per heavy atom. The third-order valence-corrected chi connectivity index (χ3v) is 3.39. The molecule has 1 saturated heterocycles. The van der Waals surface area contributed by atoms with Gasteiger partial charge in [-0.15, -0.1) is 0 Å². The fourth-order valence-electron chi connectivity index (χ4n) is 2.10. The number of ketones is 1. The molecule has 0 aromatic heterocycles. The topological polar surface area (TPSA) is 29.1 Å². The van der Waals surface area contributed by atoms with Gasteiger partial charge in [-0.05, 0) is 38.1 Å². The Hall–Kier alpha value is -0.930. The Morgan fingerprint density at radius 1 is 1.56 bits per heavy atom. The molecule has 0 amide bonds. The quantitative estimate of drug-likeness (QED) is 0.807. The second kappa shape index (κ2) is 4.52. The number of rotatable bonds is 2. The van der Waals surface area contributed by atoms with Crippen LogP contribution in [0.2, 0.25) is 5.02 Å². The van der Waals surface area contributed by atoms with E-state index >= 15 is 0 Å². The molecule has 86 valence electrons. The van der Waals surface area contributed by atoms with E-state index < -0.39 is 5.82 Å². The SMILES string of the molecule is CC1NCCC1C(=O)c1cc(F)ccc1Cl. The highest BCUT2D eigenvalue weighted by Gasteiger charge is 2.31. The fourth-order valence-corrected chi connectivity index (χ4v) is 2.31. The molecule has 1 aliphatic rings. The van der Waals surface area contributed by atoms with Gasteiger partial charge in [0.15, 0.2) is 5.78 Å². The Balaban J connectivity index is 2.29. The summed E-state index contributed by atoms with van der Waals surface area (Å²) in [4.78, 5) is 12.1. The predicted octanol–water partition coefficient (Wildman–Crippen LogP) is 2.66. The van der Waals surface area contributed by atoms with Crippen molar-refractivity contribution in [3.8, 4) is 0 Å². The average Bonchev–Trinajstić information content (AvgIpc) is 2.67. The van der Waals surface area contributed by atoms with Gasteiger partial charge in [-0.2, -0.15) is 0 Å². The van der Waals surface area contributed by atoms with Crippen molar-refractivity contribution in [2.75, 3.05) is 6.54 Å². The zero-order chi connectivity index (χ0) is 11.7. The molecule has 0 saturated carbocycles. The minimum Gasteiger partial charge on any atom is -0.313 e. The Bertz CT molecular complexity index is 421. The Morgan fingerprint density at radius 3 is 2.94 bits per heavy atom. The number of hydrogen-bond acceptors (Lipinski definition) is 2. The van der Waals surface area contributed by atoms with Crippen LogP contribution in [0.5, 0.6) is 0 Å². The molecule has 0 aliphatic carbocycles. The van der Waals surface area contributed by atoms with Crippen LogP contribution in [-0.2, 0) is 0 Å². The molecule has 2 atom stereocenters. The number of carbonyl (C=O) groups is 1. The van der Waals surface area contributed by atoms with Crippen LogP contribution in [0.3, 0.4) is 0 Å². The molecule has 2 unspecified atom stereocenters. The molecule has 4 heteroatoms. The largest absolute Gasteiger partial charge is 0.313 e. The number of halogens is 2. The van der Waals surface area contributed by atoms with Gasteiger partial charge in [-0.1, -0.05) is 11.6 Å². The van der Waals surface area contributed by atoms with Crippen LogP contribution >= 0.6 is 11.6 Å². The first-order valence-corrected chi connectivity index (χ1v) is 5.70. The summed E-state index contributed by atoms with van der Waals surface area (Å²) in [6.07, 6.45) is 0.785. The normalized spacial score (nSPS) is 24.7. The van der Waals surface area contributed by atoms with Crippen LogP contribution < -0.4 is 5.32 Å². The van der Waals surface area contributed by atoms with Crippen LogP contribution in [0.15, 0.2) is 18.2 Å². The van der Waals surface area contributed by atoms with Crippen molar-refractivity contribution in [3.05, 3.63) is 34.6 Å². The Kier molecular flexibility index (Phi) is 3.26. The van der Waals surface area contributed by atoms with E-state index in [-0.39, 0.29) is 17.7 Å². The summed E-state index contributed by atoms with van der Waals surface area (Å²) < 4.78 is 13.1. The van der Waals surface area contributed by atoms with E-state index in [2.05, 4.69) is 5.32 Å². The van der Waals surface area contributed by atoms with E-state index in [1.54, 1.807) is 0 Å². The van der Waals surface area contributed by atoms with Crippen molar-refractivity contribution in [3.63, 3.8) is 0 Å². The molecule has 0 spiro atoms. The summed E-state index contributed by atoms with van der Waals surface area (Å²) in [6, 6.07) is 4.04. The predicted molar refractivity (Wildman–Crippen MR) is 61.3 cm³/mol. The average molecular weight is 242 g/mol. The summed E-state index contributed by atoms with van der Waals surface area (Å²) in [7, 11) is 0. The zero-order valence-electron chi connectivity index (χ0n) is 8.97. The number of nitrogens with one attached hydrogen (secondary N) is 1. The molecule has 1 N–H and O–H groups in total. The van der Waals surface area contributed by atoms with E-state index in [4.69, 9.17) is 11.6 Å². The molecule has 0 radical (unpaired) electrons. The van der Waals surface area contributed by atoms with Crippen molar-refractivity contribution >= 4 is 17.4 Å². The lowest BCUT2D eigenvalue weighted by Crippen LogP contribution is -2.28. The van der Waals surface area contributed by atoms with Crippen molar-refractivity contribution < 1.29 is 9.18 Å². The highest BCUT2D eigenvalue weighted by atomic mass is 35.5. The zero-order valence-corrected chi connectivity index (χ0v) is 9.72. The molecular formula is C12H13ClFNO. The molecule has 1 aromatic carbocycles. The second-order valence-electron chi connectivity index (χ2n) is 4.13. The molecule has 2 rings (SSSR count). The van der Waals surface area contributed by atoms with Gasteiger partial charge in [0, 0.05) is 17.5 Å². The molecular weight excluding hydrogens is 229 g/mol. The van der Waals surface area contributed by atoms with Crippen LogP contribution in [-0.4, -0.2) is 18.4 Å². The standard InChI is InChI=1S/C12H13ClFNO/c1-7-9(4-5-15-7)12(16)10-6-8(14)2-3-11(10)13/h2-3,6-7,9,15H,4-5H2,1H3. The third kappa shape index (κ3) is 2.11. The first-order valence-electron chi connectivity index (χ1n) is 5.32. The molecule has 1 aromatic rings. The molecule has 2 nitrogen and oxygen atoms in total. The maximum Gasteiger partial charge on any atom is 0.169 e. The van der Waals surface area contributed by atoms with Gasteiger partial charge in [-0.25, -0.2) is 4.39 Å². The first-order chi connectivity index (χ1) is 7.59. The molecule has 0 bridgehead atoms. The maximum absolute atomic E-state index is 13.1. The lowest BCUT2D eigenvalue weighted by Gasteiger charge is -2.14. The minimum absolute atomic E-state index is 0.0676. The third-order valence-electron chi connectivity index (χ3n) is 3.06. The summed E-state index contributed by atoms with van der Waals surface area (Å²) in [5.41, 5.74) is 0.294. The molecule has 1 fully saturated rings. The molecule has 1 heterocycles. The monoisotopic (exact) mass is 241 g/mol. The van der Waals surface area contributed by atoms with Gasteiger partial charge in [-0.3, -0.25) is 4.79 Å². The maximum atomic E-state index is 13.1. The van der Waals surface area contributed by atoms with E-state index in [1.807, 2.05) is 6.92 Å². The van der Waals surface area contributed by atoms with Crippen LogP contribution in [0.1, 0.15) is 23.7 Å². The highest BCUT2D eigenvalue weighted by molar-refractivity contribution is 6.34. The van der Waals surface area contributed by atoms with E-state index in [0.29, 0.717) is 10.6 Å². The number of carbonyl (C=O) groups excluding carboxylic acids is 1. The van der Waals surface area contributed by atoms with E-state index in [9.17, 15) is 9.18 Å². The summed E-state index contributed by atoms with van der Waals surface area (Å²) in [6.45, 7) is 2.78. The van der Waals surface area contributed by atoms with Gasteiger partial charge < -0.3 is 5.32 Å². The second-order valence-corrected chi connectivity index (χ2v) is 4.53. The van der Waals surface area contributed by atoms with Gasteiger partial charge in [0.1, 0.15) is 5.82 Å². The smallest absolute Gasteiger partial charge is 0.169 e. The van der Waals surface area contributed by atoms with Crippen molar-refractivity contribution in [2.24, 2.45) is 5.92 Å². The van der Waals surface area contributed by atoms with Crippen molar-refractivity contribution in [2.45, 2.75) is 19.4 Å². The fraction of sp³-hybridized carbons (Fsp3) is 0.417. The number of benzene rings is 1. The number of hydrogen-bond donors (Lipinski definition) is 1. The summed E-state index contributed by atoms with van der Waals surface area (Å²) >= 11 is 5.91. The van der Waals surface area contributed by atoms with Crippen LogP contribution in [0, 0.1) is 11.7 Å². The van der Waals surface area contributed by atoms with Gasteiger partial charge in [0.05, 0.1) is 5.02 Å². The summed E-state index contributed by atoms with van der Waals surface area (Å²) in [5, 5.41) is 3.52. The van der Waals surface area contributed by atoms with Crippen molar-refractivity contribution in [1.82, 2.24) is 5.32 Å².